The van der Waals surface area contributed by atoms with E-state index in [0.29, 0.717) is 0 Å². The van der Waals surface area contributed by atoms with Crippen LogP contribution in [0.4, 0.5) is 0 Å². The van der Waals surface area contributed by atoms with Crippen molar-refractivity contribution in [3.8, 4) is 0 Å². The van der Waals surface area contributed by atoms with Crippen LogP contribution in [0.1, 0.15) is 5.56 Å². The molecule has 0 spiro atoms. The molecule has 4 heteroatoms. The minimum Gasteiger partial charge on any atom is -0.143 e. The second kappa shape index (κ2) is 4.16. The molecule has 0 atom stereocenters. The van der Waals surface area contributed by atoms with Gasteiger partial charge in [0.05, 0.1) is 0 Å². The number of halogens is 3. The van der Waals surface area contributed by atoms with Crippen LogP contribution in [-0.4, -0.2) is 0 Å². The molecule has 1 heterocycles. The number of thiophene rings is 1. The van der Waals surface area contributed by atoms with Gasteiger partial charge in [-0.2, -0.15) is 0 Å². The van der Waals surface area contributed by atoms with Crippen LogP contribution in [0.15, 0.2) is 22.0 Å². The summed E-state index contributed by atoms with van der Waals surface area (Å²) in [5.41, 5.74) is 1.35. The van der Waals surface area contributed by atoms with E-state index >= 15 is 0 Å². The fraction of sp³-hybridized carbons (Fsp3) is 0.111. The number of benzene rings is 1. The van der Waals surface area contributed by atoms with Gasteiger partial charge >= 0.3 is 0 Å². The third-order valence-electron chi connectivity index (χ3n) is 1.85. The average Bonchev–Trinajstić information content (AvgIpc) is 2.60. The lowest BCUT2D eigenvalue weighted by Gasteiger charge is -2.03. The number of fused-ring (bicyclic) bond motifs is 1. The maximum atomic E-state index is 3.59. The summed E-state index contributed by atoms with van der Waals surface area (Å²) in [7, 11) is 0. The fourth-order valence-electron chi connectivity index (χ4n) is 1.22. The normalized spacial score (nSPS) is 11.0. The lowest BCUT2D eigenvalue weighted by molar-refractivity contribution is 1.42. The monoisotopic (exact) mass is 430 g/mol. The molecule has 0 bridgehead atoms. The summed E-state index contributed by atoms with van der Waals surface area (Å²) >= 11 is 11.3. The molecule has 1 aromatic heterocycles. The van der Waals surface area contributed by atoms with Gasteiger partial charge in [-0.15, -0.1) is 11.3 Å². The smallest absolute Gasteiger partial charge is 0.0495 e. The van der Waals surface area contributed by atoms with Gasteiger partial charge < -0.3 is 0 Å². The van der Waals surface area contributed by atoms with E-state index < -0.39 is 0 Å². The highest BCUT2D eigenvalue weighted by molar-refractivity contribution is 14.1. The molecule has 0 nitrogen and oxygen atoms in total. The summed E-state index contributed by atoms with van der Waals surface area (Å²) in [6, 6.07) is 4.37. The molecule has 2 aromatic rings. The lowest BCUT2D eigenvalue weighted by atomic mass is 10.2. The van der Waals surface area contributed by atoms with E-state index in [0.717, 1.165) is 5.33 Å². The van der Waals surface area contributed by atoms with Gasteiger partial charge in [-0.3, -0.25) is 0 Å². The molecule has 2 rings (SSSR count). The highest BCUT2D eigenvalue weighted by Crippen LogP contribution is 2.35. The van der Waals surface area contributed by atoms with Crippen molar-refractivity contribution in [3.05, 3.63) is 31.1 Å². The Morgan fingerprint density at radius 3 is 2.92 bits per heavy atom. The molecule has 13 heavy (non-hydrogen) atoms. The predicted octanol–water partition coefficient (Wildman–Crippen LogP) is 5.16. The Bertz CT molecular complexity index is 450. The number of rotatable bonds is 1. The molecular formula is C9H5Br2IS. The summed E-state index contributed by atoms with van der Waals surface area (Å²) in [4.78, 5) is 0. The minimum atomic E-state index is 0.912. The van der Waals surface area contributed by atoms with Crippen molar-refractivity contribution in [3.63, 3.8) is 0 Å². The van der Waals surface area contributed by atoms with Gasteiger partial charge in [0, 0.05) is 23.5 Å². The van der Waals surface area contributed by atoms with Gasteiger partial charge in [0.15, 0.2) is 0 Å². The van der Waals surface area contributed by atoms with Gasteiger partial charge in [-0.05, 0) is 61.6 Å². The molecular weight excluding hydrogens is 427 g/mol. The van der Waals surface area contributed by atoms with Crippen molar-refractivity contribution in [2.45, 2.75) is 5.33 Å². The SMILES string of the molecule is BrCc1cc(Br)c2sccc2c1I. The Kier molecular flexibility index (Phi) is 3.33. The number of hydrogen-bond acceptors (Lipinski definition) is 1. The molecule has 0 radical (unpaired) electrons. The Morgan fingerprint density at radius 1 is 1.46 bits per heavy atom. The fourth-order valence-corrected chi connectivity index (χ4v) is 4.74. The largest absolute Gasteiger partial charge is 0.143 e. The zero-order chi connectivity index (χ0) is 9.42. The van der Waals surface area contributed by atoms with Crippen molar-refractivity contribution in [2.24, 2.45) is 0 Å². The van der Waals surface area contributed by atoms with Crippen molar-refractivity contribution < 1.29 is 0 Å². The van der Waals surface area contributed by atoms with Crippen LogP contribution < -0.4 is 0 Å². The molecule has 68 valence electrons. The molecule has 0 aliphatic heterocycles. The predicted molar refractivity (Wildman–Crippen MR) is 74.9 cm³/mol. The van der Waals surface area contributed by atoms with Crippen molar-refractivity contribution in [1.29, 1.82) is 0 Å². The van der Waals surface area contributed by atoms with Crippen LogP contribution in [0.25, 0.3) is 10.1 Å². The van der Waals surface area contributed by atoms with E-state index in [-0.39, 0.29) is 0 Å². The molecule has 0 aliphatic rings. The first-order valence-corrected chi connectivity index (χ1v) is 7.51. The number of hydrogen-bond donors (Lipinski definition) is 0. The molecule has 0 unspecified atom stereocenters. The topological polar surface area (TPSA) is 0 Å². The van der Waals surface area contributed by atoms with Crippen LogP contribution in [-0.2, 0) is 5.33 Å². The zero-order valence-electron chi connectivity index (χ0n) is 6.48. The van der Waals surface area contributed by atoms with E-state index in [1.165, 1.54) is 23.7 Å². The van der Waals surface area contributed by atoms with Crippen LogP contribution in [0.3, 0.4) is 0 Å². The number of alkyl halides is 1. The maximum Gasteiger partial charge on any atom is 0.0495 e. The van der Waals surface area contributed by atoms with E-state index in [9.17, 15) is 0 Å². The standard InChI is InChI=1S/C9H5Br2IS/c10-4-5-3-7(11)9-6(8(5)12)1-2-13-9/h1-3H,4H2. The third-order valence-corrected chi connectivity index (χ3v) is 5.56. The first-order chi connectivity index (χ1) is 6.24. The molecule has 0 N–H and O–H groups in total. The maximum absolute atomic E-state index is 3.59. The highest BCUT2D eigenvalue weighted by atomic mass is 127. The van der Waals surface area contributed by atoms with Gasteiger partial charge in [0.2, 0.25) is 0 Å². The quantitative estimate of drug-likeness (QED) is 0.432. The molecule has 1 aromatic carbocycles. The van der Waals surface area contributed by atoms with Crippen LogP contribution in [0.2, 0.25) is 0 Å². The Balaban J connectivity index is 2.85. The van der Waals surface area contributed by atoms with E-state index in [1.54, 1.807) is 11.3 Å². The second-order valence-corrected chi connectivity index (χ2v) is 6.04. The second-order valence-electron chi connectivity index (χ2n) is 2.63. The Hall–Kier alpha value is 0.870. The lowest BCUT2D eigenvalue weighted by Crippen LogP contribution is -1.84. The van der Waals surface area contributed by atoms with Gasteiger partial charge in [-0.1, -0.05) is 15.9 Å². The zero-order valence-corrected chi connectivity index (χ0v) is 12.6. The molecule has 0 saturated carbocycles. The molecule has 0 amide bonds. The average molecular weight is 432 g/mol. The first-order valence-electron chi connectivity index (χ1n) is 3.64. The molecule has 0 saturated heterocycles. The van der Waals surface area contributed by atoms with E-state index in [1.807, 2.05) is 0 Å². The third kappa shape index (κ3) is 1.82. The van der Waals surface area contributed by atoms with Gasteiger partial charge in [0.1, 0.15) is 0 Å². The Labute approximate surface area is 111 Å². The minimum absolute atomic E-state index is 0.912. The Morgan fingerprint density at radius 2 is 2.23 bits per heavy atom. The summed E-state index contributed by atoms with van der Waals surface area (Å²) in [5.74, 6) is 0. The highest BCUT2D eigenvalue weighted by Gasteiger charge is 2.08. The summed E-state index contributed by atoms with van der Waals surface area (Å²) in [6.07, 6.45) is 0. The van der Waals surface area contributed by atoms with Crippen molar-refractivity contribution >= 4 is 75.9 Å². The van der Waals surface area contributed by atoms with Crippen molar-refractivity contribution in [2.75, 3.05) is 0 Å². The van der Waals surface area contributed by atoms with Crippen molar-refractivity contribution in [1.82, 2.24) is 0 Å². The van der Waals surface area contributed by atoms with E-state index in [2.05, 4.69) is 72.0 Å². The summed E-state index contributed by atoms with van der Waals surface area (Å²) < 4.78 is 3.90. The van der Waals surface area contributed by atoms with Gasteiger partial charge in [0.25, 0.3) is 0 Å². The van der Waals surface area contributed by atoms with E-state index in [4.69, 9.17) is 0 Å². The summed E-state index contributed by atoms with van der Waals surface area (Å²) in [5, 5.41) is 4.40. The van der Waals surface area contributed by atoms with Crippen LogP contribution >= 0.6 is 65.8 Å². The van der Waals surface area contributed by atoms with Crippen LogP contribution in [0.5, 0.6) is 0 Å². The van der Waals surface area contributed by atoms with Crippen LogP contribution in [0, 0.1) is 3.57 Å². The molecule has 0 aliphatic carbocycles. The summed E-state index contributed by atoms with van der Waals surface area (Å²) in [6.45, 7) is 0. The van der Waals surface area contributed by atoms with Gasteiger partial charge in [-0.25, -0.2) is 0 Å². The molecule has 0 fully saturated rings. The first kappa shape index (κ1) is 10.4.